The molecular weight excluding hydrogens is 332 g/mol. The molecule has 1 aromatic carbocycles. The normalized spacial score (nSPS) is 11.5. The molecule has 2 aromatic heterocycles. The maximum absolute atomic E-state index is 4.35. The van der Waals surface area contributed by atoms with Gasteiger partial charge in [-0.15, -0.1) is 11.3 Å². The van der Waals surface area contributed by atoms with Crippen LogP contribution in [0.15, 0.2) is 54.2 Å². The maximum atomic E-state index is 4.35. The molecule has 7 heteroatoms. The molecule has 130 valence electrons. The monoisotopic (exact) mass is 354 g/mol. The zero-order valence-corrected chi connectivity index (χ0v) is 15.3. The van der Waals surface area contributed by atoms with E-state index in [1.165, 1.54) is 16.0 Å². The van der Waals surface area contributed by atoms with Crippen LogP contribution in [0.3, 0.4) is 0 Å². The molecular formula is C18H22N6S. The van der Waals surface area contributed by atoms with E-state index in [0.717, 1.165) is 24.1 Å². The Morgan fingerprint density at radius 1 is 1.16 bits per heavy atom. The molecule has 0 atom stereocenters. The number of rotatable bonds is 6. The van der Waals surface area contributed by atoms with Gasteiger partial charge in [0.2, 0.25) is 0 Å². The second-order valence-electron chi connectivity index (χ2n) is 5.70. The second kappa shape index (κ2) is 8.43. The fraction of sp³-hybridized carbons (Fsp3) is 0.278. The topological polar surface area (TPSA) is 67.1 Å². The van der Waals surface area contributed by atoms with Crippen LogP contribution in [0.1, 0.15) is 21.0 Å². The average Bonchev–Trinajstić information content (AvgIpc) is 3.28. The number of thiazole rings is 1. The molecule has 0 saturated carbocycles. The van der Waals surface area contributed by atoms with Crippen LogP contribution in [-0.2, 0) is 19.6 Å². The van der Waals surface area contributed by atoms with Crippen molar-refractivity contribution in [2.45, 2.75) is 26.6 Å². The third kappa shape index (κ3) is 5.15. The van der Waals surface area contributed by atoms with E-state index in [4.69, 9.17) is 0 Å². The van der Waals surface area contributed by atoms with Crippen molar-refractivity contribution in [3.8, 4) is 0 Å². The van der Waals surface area contributed by atoms with Crippen molar-refractivity contribution in [2.24, 2.45) is 4.99 Å². The molecule has 0 aliphatic carbocycles. The Balaban J connectivity index is 1.48. The third-order valence-corrected chi connectivity index (χ3v) is 4.62. The number of aliphatic imine (C=N–C) groups is 1. The molecule has 3 aromatic rings. The summed E-state index contributed by atoms with van der Waals surface area (Å²) in [4.78, 5) is 13.9. The van der Waals surface area contributed by atoms with E-state index < -0.39 is 0 Å². The van der Waals surface area contributed by atoms with Crippen LogP contribution in [0.5, 0.6) is 0 Å². The van der Waals surface area contributed by atoms with E-state index >= 15 is 0 Å². The Morgan fingerprint density at radius 3 is 2.56 bits per heavy atom. The van der Waals surface area contributed by atoms with Crippen LogP contribution in [-0.4, -0.2) is 27.5 Å². The average molecular weight is 354 g/mol. The van der Waals surface area contributed by atoms with Gasteiger partial charge >= 0.3 is 0 Å². The van der Waals surface area contributed by atoms with Gasteiger partial charge in [0.25, 0.3) is 0 Å². The smallest absolute Gasteiger partial charge is 0.191 e. The molecule has 6 nitrogen and oxygen atoms in total. The molecule has 3 rings (SSSR count). The van der Waals surface area contributed by atoms with E-state index in [1.54, 1.807) is 24.6 Å². The molecule has 0 aliphatic heterocycles. The first-order valence-corrected chi connectivity index (χ1v) is 8.94. The summed E-state index contributed by atoms with van der Waals surface area (Å²) in [6, 6.07) is 8.56. The number of guanidine groups is 1. The molecule has 0 amide bonds. The quantitative estimate of drug-likeness (QED) is 0.527. The van der Waals surface area contributed by atoms with Crippen LogP contribution in [0.2, 0.25) is 0 Å². The van der Waals surface area contributed by atoms with Crippen molar-refractivity contribution in [3.05, 3.63) is 70.2 Å². The summed E-state index contributed by atoms with van der Waals surface area (Å²) >= 11 is 1.69. The lowest BCUT2D eigenvalue weighted by Gasteiger charge is -2.11. The van der Waals surface area contributed by atoms with E-state index in [-0.39, 0.29) is 0 Å². The van der Waals surface area contributed by atoms with Gasteiger partial charge in [0, 0.05) is 43.6 Å². The number of hydrogen-bond acceptors (Lipinski definition) is 4. The van der Waals surface area contributed by atoms with Crippen molar-refractivity contribution in [1.29, 1.82) is 0 Å². The van der Waals surface area contributed by atoms with Gasteiger partial charge in [0.1, 0.15) is 5.01 Å². The van der Waals surface area contributed by atoms with Crippen LogP contribution < -0.4 is 10.6 Å². The van der Waals surface area contributed by atoms with Crippen molar-refractivity contribution in [3.63, 3.8) is 0 Å². The summed E-state index contributed by atoms with van der Waals surface area (Å²) in [5.74, 6) is 0.773. The Morgan fingerprint density at radius 2 is 1.92 bits per heavy atom. The molecule has 0 fully saturated rings. The van der Waals surface area contributed by atoms with Crippen LogP contribution in [0, 0.1) is 6.92 Å². The first kappa shape index (κ1) is 17.2. The van der Waals surface area contributed by atoms with Gasteiger partial charge in [-0.3, -0.25) is 4.99 Å². The highest BCUT2D eigenvalue weighted by Gasteiger charge is 2.02. The number of aryl methyl sites for hydroxylation is 1. The Hall–Kier alpha value is -2.67. The molecule has 0 aliphatic rings. The van der Waals surface area contributed by atoms with E-state index in [2.05, 4.69) is 61.4 Å². The van der Waals surface area contributed by atoms with E-state index in [9.17, 15) is 0 Å². The Kier molecular flexibility index (Phi) is 5.79. The summed E-state index contributed by atoms with van der Waals surface area (Å²) in [7, 11) is 1.77. The van der Waals surface area contributed by atoms with Gasteiger partial charge in [0.15, 0.2) is 5.96 Å². The lowest BCUT2D eigenvalue weighted by Crippen LogP contribution is -2.36. The predicted octanol–water partition coefficient (Wildman–Crippen LogP) is 2.56. The number of aromatic nitrogens is 3. The molecule has 0 unspecified atom stereocenters. The molecule has 0 spiro atoms. The standard InChI is InChI=1S/C18H22N6S/c1-14-9-21-17(25-14)11-23-18(19-2)22-10-15-3-5-16(6-4-15)12-24-8-7-20-13-24/h3-9,13H,10-12H2,1-2H3,(H2,19,22,23). The first-order chi connectivity index (χ1) is 12.2. The molecule has 2 heterocycles. The summed E-state index contributed by atoms with van der Waals surface area (Å²) in [5.41, 5.74) is 2.46. The number of nitrogens with zero attached hydrogens (tertiary/aromatic N) is 4. The second-order valence-corrected chi connectivity index (χ2v) is 7.01. The number of hydrogen-bond donors (Lipinski definition) is 2. The summed E-state index contributed by atoms with van der Waals surface area (Å²) < 4.78 is 2.05. The Labute approximate surface area is 151 Å². The number of benzene rings is 1. The molecule has 2 N–H and O–H groups in total. The lowest BCUT2D eigenvalue weighted by molar-refractivity contribution is 0.791. The molecule has 0 bridgehead atoms. The minimum Gasteiger partial charge on any atom is -0.352 e. The van der Waals surface area contributed by atoms with Gasteiger partial charge in [-0.2, -0.15) is 0 Å². The van der Waals surface area contributed by atoms with Gasteiger partial charge in [0.05, 0.1) is 12.9 Å². The summed E-state index contributed by atoms with van der Waals surface area (Å²) in [6.07, 6.45) is 7.48. The zero-order chi connectivity index (χ0) is 17.5. The first-order valence-electron chi connectivity index (χ1n) is 8.12. The van der Waals surface area contributed by atoms with Gasteiger partial charge < -0.3 is 15.2 Å². The fourth-order valence-electron chi connectivity index (χ4n) is 2.40. The van der Waals surface area contributed by atoms with Crippen molar-refractivity contribution in [1.82, 2.24) is 25.2 Å². The van der Waals surface area contributed by atoms with E-state index in [1.807, 2.05) is 18.7 Å². The van der Waals surface area contributed by atoms with Crippen molar-refractivity contribution in [2.75, 3.05) is 7.05 Å². The predicted molar refractivity (Wildman–Crippen MR) is 102 cm³/mol. The highest BCUT2D eigenvalue weighted by molar-refractivity contribution is 7.11. The van der Waals surface area contributed by atoms with Gasteiger partial charge in [-0.25, -0.2) is 9.97 Å². The minimum absolute atomic E-state index is 0.683. The van der Waals surface area contributed by atoms with Crippen molar-refractivity contribution >= 4 is 17.3 Å². The lowest BCUT2D eigenvalue weighted by atomic mass is 10.1. The van der Waals surface area contributed by atoms with Crippen molar-refractivity contribution < 1.29 is 0 Å². The minimum atomic E-state index is 0.683. The summed E-state index contributed by atoms with van der Waals surface area (Å²) in [6.45, 7) is 4.30. The highest BCUT2D eigenvalue weighted by atomic mass is 32.1. The molecule has 0 radical (unpaired) electrons. The maximum Gasteiger partial charge on any atom is 0.191 e. The molecule has 25 heavy (non-hydrogen) atoms. The highest BCUT2D eigenvalue weighted by Crippen LogP contribution is 2.10. The number of nitrogens with one attached hydrogen (secondary N) is 2. The third-order valence-electron chi connectivity index (χ3n) is 3.71. The Bertz CT molecular complexity index is 804. The van der Waals surface area contributed by atoms with Crippen LogP contribution in [0.4, 0.5) is 0 Å². The SMILES string of the molecule is CN=C(NCc1ccc(Cn2ccnc2)cc1)NCc1ncc(C)s1. The zero-order valence-electron chi connectivity index (χ0n) is 14.4. The molecule has 0 saturated heterocycles. The van der Waals surface area contributed by atoms with E-state index in [0.29, 0.717) is 6.54 Å². The van der Waals surface area contributed by atoms with Gasteiger partial charge in [-0.1, -0.05) is 24.3 Å². The fourth-order valence-corrected chi connectivity index (χ4v) is 3.13. The number of imidazole rings is 1. The largest absolute Gasteiger partial charge is 0.352 e. The van der Waals surface area contributed by atoms with Crippen LogP contribution in [0.25, 0.3) is 0 Å². The van der Waals surface area contributed by atoms with Crippen LogP contribution >= 0.6 is 11.3 Å². The van der Waals surface area contributed by atoms with Gasteiger partial charge in [-0.05, 0) is 18.1 Å². The summed E-state index contributed by atoms with van der Waals surface area (Å²) in [5, 5.41) is 7.67.